The topological polar surface area (TPSA) is 43.3 Å². The molecule has 0 aliphatic rings. The monoisotopic (exact) mass is 287 g/mol. The first kappa shape index (κ1) is 10.9. The first-order valence-corrected chi connectivity index (χ1v) is 5.75. The first-order chi connectivity index (χ1) is 8.15. The van der Waals surface area contributed by atoms with Crippen molar-refractivity contribution in [3.05, 3.63) is 39.8 Å². The summed E-state index contributed by atoms with van der Waals surface area (Å²) in [6.45, 7) is 0. The highest BCUT2D eigenvalue weighted by Gasteiger charge is 2.16. The molecule has 7 heteroatoms. The molecule has 17 heavy (non-hydrogen) atoms. The van der Waals surface area contributed by atoms with E-state index in [1.807, 2.05) is 0 Å². The lowest BCUT2D eigenvalue weighted by atomic mass is 10.4. The summed E-state index contributed by atoms with van der Waals surface area (Å²) in [7, 11) is 0. The zero-order valence-electron chi connectivity index (χ0n) is 8.19. The van der Waals surface area contributed by atoms with E-state index in [0.29, 0.717) is 27.4 Å². The lowest BCUT2D eigenvalue weighted by molar-refractivity contribution is 0.582. The van der Waals surface area contributed by atoms with E-state index in [1.165, 1.54) is 4.52 Å². The van der Waals surface area contributed by atoms with Gasteiger partial charge < -0.3 is 4.42 Å². The molecule has 0 radical (unpaired) electrons. The third-order valence-corrected chi connectivity index (χ3v) is 2.94. The van der Waals surface area contributed by atoms with Crippen molar-refractivity contribution >= 4 is 40.4 Å². The van der Waals surface area contributed by atoms with Gasteiger partial charge in [-0.15, -0.1) is 0 Å². The van der Waals surface area contributed by atoms with Gasteiger partial charge >= 0.3 is 0 Å². The van der Waals surface area contributed by atoms with Crippen LogP contribution in [0, 0.1) is 0 Å². The number of hydrogen-bond donors (Lipinski definition) is 0. The molecule has 4 nitrogen and oxygen atoms in total. The molecule has 3 rings (SSSR count). The molecule has 0 amide bonds. The fourth-order valence-electron chi connectivity index (χ4n) is 1.48. The van der Waals surface area contributed by atoms with Crippen molar-refractivity contribution in [1.82, 2.24) is 14.6 Å². The summed E-state index contributed by atoms with van der Waals surface area (Å²) in [6, 6.07) is 6.67. The highest BCUT2D eigenvalue weighted by Crippen LogP contribution is 2.30. The SMILES string of the molecule is Clc1ccc2nc(-c3ccc(Cl)o3)c(Cl)n2n1. The Labute approximate surface area is 111 Å². The van der Waals surface area contributed by atoms with Crippen LogP contribution in [0.1, 0.15) is 0 Å². The maximum Gasteiger partial charge on any atom is 0.194 e. The van der Waals surface area contributed by atoms with Crippen LogP contribution in [-0.2, 0) is 0 Å². The normalized spacial score (nSPS) is 11.2. The Morgan fingerprint density at radius 2 is 1.88 bits per heavy atom. The summed E-state index contributed by atoms with van der Waals surface area (Å²) in [5.74, 6) is 0.488. The van der Waals surface area contributed by atoms with Crippen LogP contribution in [0.3, 0.4) is 0 Å². The molecular weight excluding hydrogens is 284 g/mol. The van der Waals surface area contributed by atoms with E-state index in [1.54, 1.807) is 24.3 Å². The number of hydrogen-bond acceptors (Lipinski definition) is 3. The predicted octanol–water partition coefficient (Wildman–Crippen LogP) is 3.95. The van der Waals surface area contributed by atoms with Gasteiger partial charge in [0, 0.05) is 0 Å². The van der Waals surface area contributed by atoms with Crippen LogP contribution in [0.5, 0.6) is 0 Å². The Morgan fingerprint density at radius 3 is 2.59 bits per heavy atom. The third-order valence-electron chi connectivity index (χ3n) is 2.20. The molecule has 0 saturated carbocycles. The molecule has 0 saturated heterocycles. The van der Waals surface area contributed by atoms with Gasteiger partial charge in [-0.2, -0.15) is 5.10 Å². The van der Waals surface area contributed by atoms with Crippen LogP contribution in [0.15, 0.2) is 28.7 Å². The first-order valence-electron chi connectivity index (χ1n) is 4.61. The molecule has 0 aromatic carbocycles. The maximum absolute atomic E-state index is 6.15. The predicted molar refractivity (Wildman–Crippen MR) is 65.7 cm³/mol. The van der Waals surface area contributed by atoms with E-state index < -0.39 is 0 Å². The van der Waals surface area contributed by atoms with E-state index in [0.717, 1.165) is 0 Å². The molecule has 0 aliphatic carbocycles. The molecule has 3 heterocycles. The number of fused-ring (bicyclic) bond motifs is 1. The van der Waals surface area contributed by atoms with Crippen LogP contribution in [-0.4, -0.2) is 14.6 Å². The Bertz CT molecular complexity index is 704. The number of rotatable bonds is 1. The van der Waals surface area contributed by atoms with E-state index in [-0.39, 0.29) is 5.22 Å². The van der Waals surface area contributed by atoms with Gasteiger partial charge in [-0.1, -0.05) is 23.2 Å². The molecule has 0 fully saturated rings. The van der Waals surface area contributed by atoms with Gasteiger partial charge in [0.2, 0.25) is 0 Å². The smallest absolute Gasteiger partial charge is 0.194 e. The standard InChI is InChI=1S/C10H4Cl3N3O/c11-6-2-4-8-14-9(10(13)16(8)15-6)5-1-3-7(12)17-5/h1-4H. The van der Waals surface area contributed by atoms with Gasteiger partial charge in [0.1, 0.15) is 10.8 Å². The zero-order chi connectivity index (χ0) is 12.0. The fourth-order valence-corrected chi connectivity index (χ4v) is 2.03. The Morgan fingerprint density at radius 1 is 1.06 bits per heavy atom. The molecule has 0 spiro atoms. The second-order valence-corrected chi connectivity index (χ2v) is 4.40. The summed E-state index contributed by atoms with van der Waals surface area (Å²) >= 11 is 17.6. The summed E-state index contributed by atoms with van der Waals surface area (Å²) in [6.07, 6.45) is 0. The highest BCUT2D eigenvalue weighted by atomic mass is 35.5. The maximum atomic E-state index is 6.15. The van der Waals surface area contributed by atoms with Crippen LogP contribution in [0.25, 0.3) is 17.1 Å². The second-order valence-electron chi connectivity index (χ2n) is 3.28. The number of aromatic nitrogens is 3. The average molecular weight is 289 g/mol. The summed E-state index contributed by atoms with van der Waals surface area (Å²) in [5, 5.41) is 4.98. The van der Waals surface area contributed by atoms with Gasteiger partial charge in [0.25, 0.3) is 0 Å². The summed E-state index contributed by atoms with van der Waals surface area (Å²) < 4.78 is 6.69. The summed E-state index contributed by atoms with van der Waals surface area (Å²) in [5.41, 5.74) is 1.07. The largest absolute Gasteiger partial charge is 0.443 e. The second kappa shape index (κ2) is 3.91. The van der Waals surface area contributed by atoms with Crippen molar-refractivity contribution < 1.29 is 4.42 Å². The van der Waals surface area contributed by atoms with E-state index in [2.05, 4.69) is 10.1 Å². The van der Waals surface area contributed by atoms with Crippen LogP contribution in [0.2, 0.25) is 15.5 Å². The van der Waals surface area contributed by atoms with Gasteiger partial charge in [0.15, 0.2) is 21.8 Å². The van der Waals surface area contributed by atoms with Gasteiger partial charge in [-0.3, -0.25) is 0 Å². The highest BCUT2D eigenvalue weighted by molar-refractivity contribution is 6.32. The number of nitrogens with zero attached hydrogens (tertiary/aromatic N) is 3. The minimum Gasteiger partial charge on any atom is -0.443 e. The van der Waals surface area contributed by atoms with Crippen molar-refractivity contribution in [1.29, 1.82) is 0 Å². The van der Waals surface area contributed by atoms with E-state index in [4.69, 9.17) is 39.2 Å². The van der Waals surface area contributed by atoms with Crippen molar-refractivity contribution in [2.45, 2.75) is 0 Å². The molecule has 0 atom stereocenters. The average Bonchev–Trinajstić information content (AvgIpc) is 2.84. The molecular formula is C10H4Cl3N3O. The number of imidazole rings is 1. The fraction of sp³-hybridized carbons (Fsp3) is 0. The van der Waals surface area contributed by atoms with Crippen molar-refractivity contribution in [2.75, 3.05) is 0 Å². The lowest BCUT2D eigenvalue weighted by Crippen LogP contribution is -1.90. The van der Waals surface area contributed by atoms with Crippen molar-refractivity contribution in [2.24, 2.45) is 0 Å². The Kier molecular flexibility index (Phi) is 2.50. The van der Waals surface area contributed by atoms with E-state index in [9.17, 15) is 0 Å². The summed E-state index contributed by atoms with van der Waals surface area (Å²) in [4.78, 5) is 4.29. The van der Waals surface area contributed by atoms with Crippen molar-refractivity contribution in [3.8, 4) is 11.5 Å². The number of halogens is 3. The van der Waals surface area contributed by atoms with Crippen LogP contribution in [0.4, 0.5) is 0 Å². The molecule has 3 aromatic rings. The molecule has 3 aromatic heterocycles. The molecule has 0 bridgehead atoms. The number of furan rings is 1. The van der Waals surface area contributed by atoms with Gasteiger partial charge in [-0.25, -0.2) is 9.50 Å². The van der Waals surface area contributed by atoms with Crippen LogP contribution < -0.4 is 0 Å². The molecule has 0 N–H and O–H groups in total. The van der Waals surface area contributed by atoms with Crippen LogP contribution >= 0.6 is 34.8 Å². The van der Waals surface area contributed by atoms with E-state index >= 15 is 0 Å². The minimum absolute atomic E-state index is 0.277. The molecule has 0 aliphatic heterocycles. The van der Waals surface area contributed by atoms with Gasteiger partial charge in [0.05, 0.1) is 0 Å². The van der Waals surface area contributed by atoms with Gasteiger partial charge in [-0.05, 0) is 35.9 Å². The molecule has 86 valence electrons. The zero-order valence-corrected chi connectivity index (χ0v) is 10.5. The minimum atomic E-state index is 0.277. The third kappa shape index (κ3) is 1.78. The Balaban J connectivity index is 2.27. The Hall–Kier alpha value is -1.23. The van der Waals surface area contributed by atoms with Crippen molar-refractivity contribution in [3.63, 3.8) is 0 Å². The lowest BCUT2D eigenvalue weighted by Gasteiger charge is -1.93. The quantitative estimate of drug-likeness (QED) is 0.681. The molecule has 0 unspecified atom stereocenters.